The van der Waals surface area contributed by atoms with Crippen LogP contribution in [0.4, 0.5) is 17.1 Å². The number of hydrogen-bond acceptors (Lipinski definition) is 1. The van der Waals surface area contributed by atoms with E-state index in [1.165, 1.54) is 76.8 Å². The molecule has 1 aliphatic rings. The van der Waals surface area contributed by atoms with Gasteiger partial charge in [0.1, 0.15) is 0 Å². The summed E-state index contributed by atoms with van der Waals surface area (Å²) in [6, 6.07) is 71.2. The fraction of sp³-hybridized carbons (Fsp3) is 0.0370. The first-order chi connectivity index (χ1) is 27.2. The van der Waals surface area contributed by atoms with Crippen molar-refractivity contribution >= 4 is 55.0 Å². The van der Waals surface area contributed by atoms with E-state index in [0.29, 0.717) is 0 Å². The molecule has 1 nitrogen and oxygen atoms in total. The fourth-order valence-corrected chi connectivity index (χ4v) is 8.23. The van der Waals surface area contributed by atoms with Gasteiger partial charge in [0.15, 0.2) is 0 Å². The molecule has 0 atom stereocenters. The van der Waals surface area contributed by atoms with Gasteiger partial charge in [-0.3, -0.25) is 0 Å². The van der Waals surface area contributed by atoms with Crippen molar-refractivity contribution in [3.8, 4) is 33.4 Å². The van der Waals surface area contributed by atoms with Crippen LogP contribution in [0, 0.1) is 0 Å². The largest absolute Gasteiger partial charge is 0.310 e. The van der Waals surface area contributed by atoms with E-state index in [1.54, 1.807) is 0 Å². The summed E-state index contributed by atoms with van der Waals surface area (Å²) in [7, 11) is 0. The topological polar surface area (TPSA) is 3.24 Å². The smallest absolute Gasteiger partial charge is 0.0468 e. The van der Waals surface area contributed by atoms with Crippen molar-refractivity contribution in [1.82, 2.24) is 0 Å². The fourth-order valence-electron chi connectivity index (χ4n) is 8.23. The number of anilines is 3. The van der Waals surface area contributed by atoms with Crippen LogP contribution in [-0.4, -0.2) is 0 Å². The minimum atomic E-state index is 1.09. The number of rotatable bonds is 7. The normalized spacial score (nSPS) is 12.6. The van der Waals surface area contributed by atoms with Crippen LogP contribution >= 0.6 is 0 Å². The molecule has 0 fully saturated rings. The van der Waals surface area contributed by atoms with Gasteiger partial charge in [-0.15, -0.1) is 0 Å². The molecule has 0 heterocycles. The van der Waals surface area contributed by atoms with Crippen LogP contribution in [0.5, 0.6) is 0 Å². The molecule has 0 saturated carbocycles. The first kappa shape index (κ1) is 32.7. The summed E-state index contributed by atoms with van der Waals surface area (Å²) in [5, 5.41) is 7.52. The summed E-state index contributed by atoms with van der Waals surface area (Å²) in [4.78, 5) is 2.41. The molecule has 0 unspecified atom stereocenters. The van der Waals surface area contributed by atoms with Crippen molar-refractivity contribution in [3.05, 3.63) is 218 Å². The van der Waals surface area contributed by atoms with Crippen LogP contribution in [0.1, 0.15) is 18.4 Å². The Morgan fingerprint density at radius 2 is 0.982 bits per heavy atom. The van der Waals surface area contributed by atoms with Crippen molar-refractivity contribution in [2.75, 3.05) is 4.90 Å². The van der Waals surface area contributed by atoms with Crippen molar-refractivity contribution in [2.24, 2.45) is 0 Å². The first-order valence-electron chi connectivity index (χ1n) is 19.2. The Hall–Kier alpha value is -6.96. The van der Waals surface area contributed by atoms with Crippen LogP contribution in [0.2, 0.25) is 0 Å². The van der Waals surface area contributed by atoms with Gasteiger partial charge in [-0.25, -0.2) is 0 Å². The van der Waals surface area contributed by atoms with Crippen molar-refractivity contribution in [2.45, 2.75) is 12.8 Å². The maximum atomic E-state index is 2.41. The molecule has 260 valence electrons. The average Bonchev–Trinajstić information content (AvgIpc) is 3.27. The molecule has 9 aromatic rings. The lowest BCUT2D eigenvalue weighted by molar-refractivity contribution is 1.04. The minimum Gasteiger partial charge on any atom is -0.310 e. The van der Waals surface area contributed by atoms with Crippen LogP contribution in [0.15, 0.2) is 212 Å². The molecule has 0 saturated heterocycles. The van der Waals surface area contributed by atoms with Crippen molar-refractivity contribution in [1.29, 1.82) is 0 Å². The summed E-state index contributed by atoms with van der Waals surface area (Å²) >= 11 is 0. The second-order valence-electron chi connectivity index (χ2n) is 14.5. The molecule has 1 heteroatoms. The molecule has 9 aromatic carbocycles. The third kappa shape index (κ3) is 6.30. The Morgan fingerprint density at radius 1 is 0.327 bits per heavy atom. The van der Waals surface area contributed by atoms with E-state index >= 15 is 0 Å². The SMILES string of the molecule is C1=CC(c2cccc(-c3ccc(N(c4ccc(-c5ccc6ccccc6c5)cc4)c4ccc5c(ccc6ccccc65)c4)cc3-c3ccccc3)c2)=CCC1. The first-order valence-corrected chi connectivity index (χ1v) is 19.2. The van der Waals surface area contributed by atoms with Crippen LogP contribution in [-0.2, 0) is 0 Å². The highest BCUT2D eigenvalue weighted by molar-refractivity contribution is 6.08. The minimum absolute atomic E-state index is 1.09. The zero-order chi connectivity index (χ0) is 36.6. The van der Waals surface area contributed by atoms with Gasteiger partial charge in [-0.2, -0.15) is 0 Å². The van der Waals surface area contributed by atoms with Gasteiger partial charge in [0, 0.05) is 17.1 Å². The van der Waals surface area contributed by atoms with Gasteiger partial charge in [-0.05, 0) is 138 Å². The maximum Gasteiger partial charge on any atom is 0.0468 e. The molecule has 55 heavy (non-hydrogen) atoms. The molecular weight excluding hydrogens is 663 g/mol. The highest BCUT2D eigenvalue weighted by Crippen LogP contribution is 2.43. The van der Waals surface area contributed by atoms with Gasteiger partial charge in [0.05, 0.1) is 0 Å². The summed E-state index contributed by atoms with van der Waals surface area (Å²) in [6.45, 7) is 0. The summed E-state index contributed by atoms with van der Waals surface area (Å²) < 4.78 is 0. The molecule has 0 amide bonds. The molecule has 0 aromatic heterocycles. The maximum absolute atomic E-state index is 2.41. The zero-order valence-corrected chi connectivity index (χ0v) is 30.6. The van der Waals surface area contributed by atoms with Crippen molar-refractivity contribution in [3.63, 3.8) is 0 Å². The van der Waals surface area contributed by atoms with Gasteiger partial charge >= 0.3 is 0 Å². The average molecular weight is 702 g/mol. The monoisotopic (exact) mass is 701 g/mol. The van der Waals surface area contributed by atoms with E-state index in [2.05, 4.69) is 217 Å². The number of nitrogens with zero attached hydrogens (tertiary/aromatic N) is 1. The molecular formula is C54H39N. The molecule has 10 rings (SSSR count). The Bertz CT molecular complexity index is 2910. The Labute approximate surface area is 322 Å². The van der Waals surface area contributed by atoms with Crippen LogP contribution in [0.25, 0.3) is 71.3 Å². The quantitative estimate of drug-likeness (QED) is 0.150. The Morgan fingerprint density at radius 3 is 1.84 bits per heavy atom. The Kier molecular flexibility index (Phi) is 8.39. The van der Waals surface area contributed by atoms with E-state index in [4.69, 9.17) is 0 Å². The molecule has 1 aliphatic carbocycles. The number of fused-ring (bicyclic) bond motifs is 4. The summed E-state index contributed by atoms with van der Waals surface area (Å²) in [6.07, 6.45) is 9.10. The summed E-state index contributed by atoms with van der Waals surface area (Å²) in [5.41, 5.74) is 13.1. The highest BCUT2D eigenvalue weighted by atomic mass is 15.1. The standard InChI is InChI=1S/C54H39N/c1-3-12-38(13-4-1)44-19-11-20-46(35-44)53-33-31-50(37-54(53)41-15-5-2-6-16-41)55(49-30-32-52-47(36-49)25-23-42-17-9-10-21-51(42)52)48-28-26-40(27-29-48)45-24-22-39-14-7-8-18-43(39)34-45/h2-3,5-37H,1,4H2. The van der Waals surface area contributed by atoms with Crippen molar-refractivity contribution < 1.29 is 0 Å². The molecule has 0 N–H and O–H groups in total. The zero-order valence-electron chi connectivity index (χ0n) is 30.6. The van der Waals surface area contributed by atoms with Gasteiger partial charge < -0.3 is 4.90 Å². The third-order valence-corrected chi connectivity index (χ3v) is 11.0. The lowest BCUT2D eigenvalue weighted by Crippen LogP contribution is -2.10. The van der Waals surface area contributed by atoms with Gasteiger partial charge in [0.2, 0.25) is 0 Å². The predicted octanol–water partition coefficient (Wildman–Crippen LogP) is 15.4. The second kappa shape index (κ2) is 14.1. The second-order valence-corrected chi connectivity index (χ2v) is 14.5. The molecule has 0 radical (unpaired) electrons. The third-order valence-electron chi connectivity index (χ3n) is 11.0. The summed E-state index contributed by atoms with van der Waals surface area (Å²) in [5.74, 6) is 0. The number of allylic oxidation sites excluding steroid dienone is 4. The molecule has 0 aliphatic heterocycles. The van der Waals surface area contributed by atoms with E-state index in [9.17, 15) is 0 Å². The lowest BCUT2D eigenvalue weighted by atomic mass is 9.91. The molecule has 0 bridgehead atoms. The number of hydrogen-bond donors (Lipinski definition) is 0. The lowest BCUT2D eigenvalue weighted by Gasteiger charge is -2.27. The van der Waals surface area contributed by atoms with Gasteiger partial charge in [-0.1, -0.05) is 164 Å². The van der Waals surface area contributed by atoms with E-state index in [-0.39, 0.29) is 0 Å². The van der Waals surface area contributed by atoms with E-state index in [0.717, 1.165) is 29.9 Å². The van der Waals surface area contributed by atoms with Crippen LogP contribution < -0.4 is 4.90 Å². The van der Waals surface area contributed by atoms with E-state index < -0.39 is 0 Å². The van der Waals surface area contributed by atoms with Crippen LogP contribution in [0.3, 0.4) is 0 Å². The van der Waals surface area contributed by atoms with Gasteiger partial charge in [0.25, 0.3) is 0 Å². The number of benzene rings is 9. The molecule has 0 spiro atoms. The predicted molar refractivity (Wildman–Crippen MR) is 236 cm³/mol. The highest BCUT2D eigenvalue weighted by Gasteiger charge is 2.18. The Balaban J connectivity index is 1.13. The van der Waals surface area contributed by atoms with E-state index in [1.807, 2.05) is 0 Å².